The van der Waals surface area contributed by atoms with Crippen LogP contribution in [0.15, 0.2) is 4.99 Å². The maximum Gasteiger partial charge on any atom is 0.327 e. The number of aliphatic imine (C=N–C) groups is 1. The lowest BCUT2D eigenvalue weighted by Gasteiger charge is -2.35. The molecule has 0 radical (unpaired) electrons. The molecule has 1 heterocycles. The monoisotopic (exact) mass is 256 g/mol. The molecule has 0 bridgehead atoms. The predicted molar refractivity (Wildman–Crippen MR) is 67.4 cm³/mol. The van der Waals surface area contributed by atoms with E-state index in [1.165, 1.54) is 0 Å². The van der Waals surface area contributed by atoms with Crippen LogP contribution in [0.4, 0.5) is 0 Å². The van der Waals surface area contributed by atoms with Gasteiger partial charge in [-0.05, 0) is 26.8 Å². The summed E-state index contributed by atoms with van der Waals surface area (Å²) in [6, 6.07) is -1.10. The van der Waals surface area contributed by atoms with Crippen LogP contribution in [0.5, 0.6) is 0 Å². The zero-order valence-electron chi connectivity index (χ0n) is 10.7. The van der Waals surface area contributed by atoms with Gasteiger partial charge in [0.15, 0.2) is 0 Å². The quantitative estimate of drug-likeness (QED) is 0.333. The highest BCUT2D eigenvalue weighted by atomic mass is 16.4. The Morgan fingerprint density at radius 1 is 1.67 bits per heavy atom. The van der Waals surface area contributed by atoms with Crippen molar-refractivity contribution < 1.29 is 14.7 Å². The number of amidine groups is 1. The number of carboxylic acid groups (broad SMARTS) is 1. The molecule has 0 aromatic rings. The smallest absolute Gasteiger partial charge is 0.327 e. The van der Waals surface area contributed by atoms with E-state index < -0.39 is 12.0 Å². The van der Waals surface area contributed by atoms with E-state index in [2.05, 4.69) is 10.3 Å². The molecule has 0 spiro atoms. The molecule has 7 nitrogen and oxygen atoms in total. The summed E-state index contributed by atoms with van der Waals surface area (Å²) < 4.78 is 0. The molecule has 0 aromatic carbocycles. The predicted octanol–water partition coefficient (Wildman–Crippen LogP) is -0.973. The Kier molecular flexibility index (Phi) is 5.08. The van der Waals surface area contributed by atoms with Gasteiger partial charge in [-0.1, -0.05) is 0 Å². The van der Waals surface area contributed by atoms with Gasteiger partial charge in [0.25, 0.3) is 0 Å². The molecular weight excluding hydrogens is 236 g/mol. The number of piperazine rings is 1. The number of nitrogens with one attached hydrogen (secondary N) is 1. The van der Waals surface area contributed by atoms with E-state index in [0.717, 1.165) is 6.42 Å². The van der Waals surface area contributed by atoms with Crippen molar-refractivity contribution in [1.29, 1.82) is 0 Å². The number of nitrogens with zero attached hydrogens (tertiary/aromatic N) is 2. The SMILES string of the molecule is CC(N)=NCCCC1C(=O)NC(C(=O)O)CN1C. The van der Waals surface area contributed by atoms with E-state index in [1.54, 1.807) is 18.9 Å². The van der Waals surface area contributed by atoms with Crippen LogP contribution in [0.25, 0.3) is 0 Å². The molecule has 0 saturated carbocycles. The highest BCUT2D eigenvalue weighted by molar-refractivity contribution is 5.88. The van der Waals surface area contributed by atoms with Crippen LogP contribution in [0.3, 0.4) is 0 Å². The van der Waals surface area contributed by atoms with Gasteiger partial charge in [-0.2, -0.15) is 0 Å². The van der Waals surface area contributed by atoms with E-state index in [9.17, 15) is 9.59 Å². The Morgan fingerprint density at radius 2 is 2.33 bits per heavy atom. The molecule has 7 heteroatoms. The van der Waals surface area contributed by atoms with Gasteiger partial charge in [-0.15, -0.1) is 0 Å². The number of carboxylic acids is 1. The van der Waals surface area contributed by atoms with Gasteiger partial charge < -0.3 is 16.2 Å². The van der Waals surface area contributed by atoms with Gasteiger partial charge in [0.2, 0.25) is 5.91 Å². The lowest BCUT2D eigenvalue weighted by molar-refractivity contribution is -0.146. The van der Waals surface area contributed by atoms with Crippen LogP contribution in [0.1, 0.15) is 19.8 Å². The first kappa shape index (κ1) is 14.4. The number of nitrogens with two attached hydrogens (primary N) is 1. The van der Waals surface area contributed by atoms with Gasteiger partial charge in [0.05, 0.1) is 11.9 Å². The maximum absolute atomic E-state index is 11.8. The molecule has 2 atom stereocenters. The summed E-state index contributed by atoms with van der Waals surface area (Å²) in [6.07, 6.45) is 1.39. The summed E-state index contributed by atoms with van der Waals surface area (Å²) in [4.78, 5) is 28.4. The van der Waals surface area contributed by atoms with Crippen LogP contribution in [-0.2, 0) is 9.59 Å². The zero-order chi connectivity index (χ0) is 13.7. The third kappa shape index (κ3) is 3.99. The first-order valence-electron chi connectivity index (χ1n) is 5.91. The fourth-order valence-corrected chi connectivity index (χ4v) is 1.96. The first-order chi connectivity index (χ1) is 8.41. The Hall–Kier alpha value is -1.63. The molecule has 4 N–H and O–H groups in total. The van der Waals surface area contributed by atoms with E-state index in [1.807, 2.05) is 0 Å². The number of rotatable bonds is 5. The van der Waals surface area contributed by atoms with E-state index in [4.69, 9.17) is 10.8 Å². The Morgan fingerprint density at radius 3 is 2.83 bits per heavy atom. The standard InChI is InChI=1S/C11H20N4O3/c1-7(12)13-5-3-4-9-10(16)14-8(11(17)18)6-15(9)2/h8-9H,3-6H2,1-2H3,(H2,12,13)(H,14,16)(H,17,18). The van der Waals surface area contributed by atoms with Crippen LogP contribution in [0.2, 0.25) is 0 Å². The maximum atomic E-state index is 11.8. The topological polar surface area (TPSA) is 108 Å². The number of carbonyl (C=O) groups is 2. The summed E-state index contributed by atoms with van der Waals surface area (Å²) in [5.74, 6) is -0.705. The van der Waals surface area contributed by atoms with Crippen LogP contribution in [-0.4, -0.2) is 59.9 Å². The number of hydrogen-bond acceptors (Lipinski definition) is 4. The number of amides is 1. The number of carbonyl (C=O) groups excluding carboxylic acids is 1. The average Bonchev–Trinajstić information content (AvgIpc) is 2.26. The number of aliphatic carboxylic acids is 1. The zero-order valence-corrected chi connectivity index (χ0v) is 10.7. The summed E-state index contributed by atoms with van der Waals surface area (Å²) in [6.45, 7) is 2.63. The number of hydrogen-bond donors (Lipinski definition) is 3. The molecule has 1 saturated heterocycles. The Balaban J connectivity index is 2.45. The molecule has 1 amide bonds. The van der Waals surface area contributed by atoms with Gasteiger partial charge in [-0.25, -0.2) is 4.79 Å². The highest BCUT2D eigenvalue weighted by Crippen LogP contribution is 2.11. The molecular formula is C11H20N4O3. The minimum Gasteiger partial charge on any atom is -0.480 e. The normalized spacial score (nSPS) is 25.9. The summed E-state index contributed by atoms with van der Waals surface area (Å²) in [5, 5.41) is 11.4. The molecule has 1 aliphatic heterocycles. The largest absolute Gasteiger partial charge is 0.480 e. The third-order valence-electron chi connectivity index (χ3n) is 2.92. The van der Waals surface area contributed by atoms with Crippen molar-refractivity contribution in [2.75, 3.05) is 20.1 Å². The first-order valence-corrected chi connectivity index (χ1v) is 5.91. The third-order valence-corrected chi connectivity index (χ3v) is 2.92. The second-order valence-corrected chi connectivity index (χ2v) is 4.52. The van der Waals surface area contributed by atoms with Gasteiger partial charge in [0.1, 0.15) is 6.04 Å². The Labute approximate surface area is 106 Å². The Bertz CT molecular complexity index is 352. The van der Waals surface area contributed by atoms with Crippen LogP contribution in [0, 0.1) is 0 Å². The lowest BCUT2D eigenvalue weighted by Crippen LogP contribution is -2.61. The minimum absolute atomic E-state index is 0.232. The van der Waals surface area contributed by atoms with Gasteiger partial charge >= 0.3 is 5.97 Å². The molecule has 18 heavy (non-hydrogen) atoms. The van der Waals surface area contributed by atoms with Crippen molar-refractivity contribution in [2.24, 2.45) is 10.7 Å². The molecule has 1 rings (SSSR count). The van der Waals surface area contributed by atoms with Crippen molar-refractivity contribution in [3.63, 3.8) is 0 Å². The fraction of sp³-hybridized carbons (Fsp3) is 0.727. The second-order valence-electron chi connectivity index (χ2n) is 4.52. The number of likely N-dealkylation sites (N-methyl/N-ethyl adjacent to an activating group) is 1. The van der Waals surface area contributed by atoms with Crippen molar-refractivity contribution >= 4 is 17.7 Å². The summed E-state index contributed by atoms with van der Waals surface area (Å²) >= 11 is 0. The molecule has 0 aliphatic carbocycles. The van der Waals surface area contributed by atoms with E-state index >= 15 is 0 Å². The van der Waals surface area contributed by atoms with E-state index in [-0.39, 0.29) is 11.9 Å². The van der Waals surface area contributed by atoms with E-state index in [0.29, 0.717) is 25.3 Å². The fourth-order valence-electron chi connectivity index (χ4n) is 1.96. The van der Waals surface area contributed by atoms with Crippen molar-refractivity contribution in [1.82, 2.24) is 10.2 Å². The lowest BCUT2D eigenvalue weighted by atomic mass is 10.0. The second kappa shape index (κ2) is 6.34. The van der Waals surface area contributed by atoms with Crippen LogP contribution >= 0.6 is 0 Å². The average molecular weight is 256 g/mol. The van der Waals surface area contributed by atoms with Gasteiger partial charge in [-0.3, -0.25) is 14.7 Å². The summed E-state index contributed by atoms with van der Waals surface area (Å²) in [5.41, 5.74) is 5.41. The molecule has 2 unspecified atom stereocenters. The highest BCUT2D eigenvalue weighted by Gasteiger charge is 2.34. The molecule has 102 valence electrons. The van der Waals surface area contributed by atoms with Crippen molar-refractivity contribution in [3.8, 4) is 0 Å². The summed E-state index contributed by atoms with van der Waals surface area (Å²) in [7, 11) is 1.76. The molecule has 0 aromatic heterocycles. The van der Waals surface area contributed by atoms with Crippen molar-refractivity contribution in [3.05, 3.63) is 0 Å². The van der Waals surface area contributed by atoms with Crippen LogP contribution < -0.4 is 11.1 Å². The minimum atomic E-state index is -1.00. The van der Waals surface area contributed by atoms with Gasteiger partial charge in [0, 0.05) is 13.1 Å². The molecule has 1 fully saturated rings. The van der Waals surface area contributed by atoms with Crippen molar-refractivity contribution in [2.45, 2.75) is 31.8 Å². The molecule has 1 aliphatic rings.